The standard InChI is InChI=1S/C10H12ClNO/c11-8-1-2-9(7(5-8)6-13)10(12)3-4-10/h1-2,5,13H,3-4,6,12H2. The first-order chi connectivity index (χ1) is 6.15. The van der Waals surface area contributed by atoms with Crippen molar-refractivity contribution in [2.45, 2.75) is 25.0 Å². The molecule has 13 heavy (non-hydrogen) atoms. The smallest absolute Gasteiger partial charge is 0.0685 e. The normalized spacial score (nSPS) is 18.7. The van der Waals surface area contributed by atoms with Crippen molar-refractivity contribution in [3.8, 4) is 0 Å². The molecule has 0 radical (unpaired) electrons. The Morgan fingerprint density at radius 2 is 2.15 bits per heavy atom. The van der Waals surface area contributed by atoms with Crippen molar-refractivity contribution in [1.82, 2.24) is 0 Å². The summed E-state index contributed by atoms with van der Waals surface area (Å²) in [5.74, 6) is 0. The third-order valence-electron chi connectivity index (χ3n) is 2.56. The van der Waals surface area contributed by atoms with Crippen LogP contribution in [0.25, 0.3) is 0 Å². The van der Waals surface area contributed by atoms with E-state index >= 15 is 0 Å². The van der Waals surface area contributed by atoms with Crippen LogP contribution in [0.2, 0.25) is 5.02 Å². The summed E-state index contributed by atoms with van der Waals surface area (Å²) in [7, 11) is 0. The summed E-state index contributed by atoms with van der Waals surface area (Å²) in [5, 5.41) is 9.77. The summed E-state index contributed by atoms with van der Waals surface area (Å²) < 4.78 is 0. The lowest BCUT2D eigenvalue weighted by Crippen LogP contribution is -2.20. The zero-order valence-electron chi connectivity index (χ0n) is 7.26. The fraction of sp³-hybridized carbons (Fsp3) is 0.400. The Morgan fingerprint density at radius 1 is 1.46 bits per heavy atom. The first-order valence-electron chi connectivity index (χ1n) is 4.34. The van der Waals surface area contributed by atoms with Crippen molar-refractivity contribution < 1.29 is 5.11 Å². The first kappa shape index (κ1) is 9.00. The molecule has 1 fully saturated rings. The second-order valence-corrected chi connectivity index (χ2v) is 4.05. The Bertz CT molecular complexity index is 334. The fourth-order valence-corrected chi connectivity index (χ4v) is 1.78. The first-order valence-corrected chi connectivity index (χ1v) is 4.72. The van der Waals surface area contributed by atoms with Crippen LogP contribution in [0.3, 0.4) is 0 Å². The fourth-order valence-electron chi connectivity index (χ4n) is 1.58. The lowest BCUT2D eigenvalue weighted by molar-refractivity contribution is 0.279. The van der Waals surface area contributed by atoms with Gasteiger partial charge in [0.1, 0.15) is 0 Å². The second-order valence-electron chi connectivity index (χ2n) is 3.62. The predicted molar refractivity (Wildman–Crippen MR) is 52.5 cm³/mol. The Kier molecular flexibility index (Phi) is 2.06. The molecule has 2 rings (SSSR count). The van der Waals surface area contributed by atoms with Crippen molar-refractivity contribution in [2.75, 3.05) is 0 Å². The lowest BCUT2D eigenvalue weighted by Gasteiger charge is -2.13. The molecule has 70 valence electrons. The average molecular weight is 198 g/mol. The Morgan fingerprint density at radius 3 is 2.69 bits per heavy atom. The number of rotatable bonds is 2. The van der Waals surface area contributed by atoms with Crippen molar-refractivity contribution in [1.29, 1.82) is 0 Å². The molecule has 0 spiro atoms. The third kappa shape index (κ3) is 1.57. The van der Waals surface area contributed by atoms with Gasteiger partial charge >= 0.3 is 0 Å². The van der Waals surface area contributed by atoms with Gasteiger partial charge in [-0.05, 0) is 36.1 Å². The maximum Gasteiger partial charge on any atom is 0.0685 e. The highest BCUT2D eigenvalue weighted by atomic mass is 35.5. The van der Waals surface area contributed by atoms with Crippen LogP contribution in [0.4, 0.5) is 0 Å². The van der Waals surface area contributed by atoms with E-state index in [2.05, 4.69) is 0 Å². The number of hydrogen-bond acceptors (Lipinski definition) is 2. The molecule has 0 unspecified atom stereocenters. The molecule has 0 atom stereocenters. The Balaban J connectivity index is 2.45. The van der Waals surface area contributed by atoms with E-state index in [-0.39, 0.29) is 12.1 Å². The van der Waals surface area contributed by atoms with Crippen molar-refractivity contribution in [3.05, 3.63) is 34.3 Å². The molecule has 1 aromatic rings. The van der Waals surface area contributed by atoms with Crippen LogP contribution in [0, 0.1) is 0 Å². The molecule has 0 heterocycles. The number of benzene rings is 1. The highest BCUT2D eigenvalue weighted by molar-refractivity contribution is 6.30. The van der Waals surface area contributed by atoms with Crippen molar-refractivity contribution in [3.63, 3.8) is 0 Å². The van der Waals surface area contributed by atoms with E-state index < -0.39 is 0 Å². The summed E-state index contributed by atoms with van der Waals surface area (Å²) in [6.07, 6.45) is 2.00. The van der Waals surface area contributed by atoms with E-state index in [0.717, 1.165) is 24.0 Å². The van der Waals surface area contributed by atoms with Crippen molar-refractivity contribution in [2.24, 2.45) is 5.73 Å². The van der Waals surface area contributed by atoms with Crippen LogP contribution in [0.15, 0.2) is 18.2 Å². The Labute approximate surface area is 82.3 Å². The minimum Gasteiger partial charge on any atom is -0.392 e. The molecular weight excluding hydrogens is 186 g/mol. The van der Waals surface area contributed by atoms with Gasteiger partial charge in [-0.25, -0.2) is 0 Å². The molecular formula is C10H12ClNO. The zero-order valence-corrected chi connectivity index (χ0v) is 8.01. The van der Waals surface area contributed by atoms with Crippen LogP contribution in [-0.2, 0) is 12.1 Å². The van der Waals surface area contributed by atoms with Gasteiger partial charge in [-0.2, -0.15) is 0 Å². The molecule has 3 heteroatoms. The molecule has 0 saturated heterocycles. The predicted octanol–water partition coefficient (Wildman–Crippen LogP) is 1.78. The minimum absolute atomic E-state index is 0.00877. The van der Waals surface area contributed by atoms with Crippen LogP contribution in [0.5, 0.6) is 0 Å². The van der Waals surface area contributed by atoms with Crippen LogP contribution < -0.4 is 5.73 Å². The zero-order chi connectivity index (χ0) is 9.47. The summed E-state index contributed by atoms with van der Waals surface area (Å²) in [6.45, 7) is 0.00877. The number of hydrogen-bond donors (Lipinski definition) is 2. The second kappa shape index (κ2) is 2.98. The quantitative estimate of drug-likeness (QED) is 0.759. The molecule has 1 saturated carbocycles. The highest BCUT2D eigenvalue weighted by Crippen LogP contribution is 2.44. The number of aliphatic hydroxyl groups excluding tert-OH is 1. The van der Waals surface area contributed by atoms with E-state index in [1.807, 2.05) is 12.1 Å². The van der Waals surface area contributed by atoms with Gasteiger partial charge in [0.2, 0.25) is 0 Å². The number of nitrogens with two attached hydrogens (primary N) is 1. The maximum atomic E-state index is 9.12. The maximum absolute atomic E-state index is 9.12. The third-order valence-corrected chi connectivity index (χ3v) is 2.80. The highest BCUT2D eigenvalue weighted by Gasteiger charge is 2.41. The lowest BCUT2D eigenvalue weighted by atomic mass is 10.00. The SMILES string of the molecule is NC1(c2ccc(Cl)cc2CO)CC1. The van der Waals surface area contributed by atoms with E-state index in [9.17, 15) is 0 Å². The van der Waals surface area contributed by atoms with Gasteiger partial charge in [-0.1, -0.05) is 17.7 Å². The summed E-state index contributed by atoms with van der Waals surface area (Å²) >= 11 is 5.81. The van der Waals surface area contributed by atoms with Crippen molar-refractivity contribution >= 4 is 11.6 Å². The van der Waals surface area contributed by atoms with Gasteiger partial charge in [-0.15, -0.1) is 0 Å². The molecule has 1 aliphatic carbocycles. The molecule has 0 bridgehead atoms. The van der Waals surface area contributed by atoms with E-state index in [1.165, 1.54) is 0 Å². The van der Waals surface area contributed by atoms with Gasteiger partial charge in [-0.3, -0.25) is 0 Å². The summed E-state index contributed by atoms with van der Waals surface area (Å²) in [5.41, 5.74) is 7.74. The van der Waals surface area contributed by atoms with Crippen LogP contribution >= 0.6 is 11.6 Å². The molecule has 3 N–H and O–H groups in total. The van der Waals surface area contributed by atoms with Gasteiger partial charge in [0, 0.05) is 10.6 Å². The molecule has 0 aromatic heterocycles. The van der Waals surface area contributed by atoms with Crippen LogP contribution in [0.1, 0.15) is 24.0 Å². The monoisotopic (exact) mass is 197 g/mol. The molecule has 0 aliphatic heterocycles. The minimum atomic E-state index is -0.192. The molecule has 1 aliphatic rings. The van der Waals surface area contributed by atoms with E-state index in [0.29, 0.717) is 5.02 Å². The average Bonchev–Trinajstić information content (AvgIpc) is 2.84. The van der Waals surface area contributed by atoms with Gasteiger partial charge in [0.15, 0.2) is 0 Å². The van der Waals surface area contributed by atoms with Crippen LogP contribution in [-0.4, -0.2) is 5.11 Å². The van der Waals surface area contributed by atoms with Gasteiger partial charge in [0.05, 0.1) is 6.61 Å². The van der Waals surface area contributed by atoms with Gasteiger partial charge in [0.25, 0.3) is 0 Å². The summed E-state index contributed by atoms with van der Waals surface area (Å²) in [6, 6.07) is 5.52. The molecule has 1 aromatic carbocycles. The van der Waals surface area contributed by atoms with Gasteiger partial charge < -0.3 is 10.8 Å². The topological polar surface area (TPSA) is 46.2 Å². The molecule has 2 nitrogen and oxygen atoms in total. The Hall–Kier alpha value is -0.570. The largest absolute Gasteiger partial charge is 0.392 e. The number of halogens is 1. The summed E-state index contributed by atoms with van der Waals surface area (Å²) in [4.78, 5) is 0. The van der Waals surface area contributed by atoms with E-state index in [1.54, 1.807) is 6.07 Å². The van der Waals surface area contributed by atoms with E-state index in [4.69, 9.17) is 22.4 Å². The molecule has 0 amide bonds. The number of aliphatic hydroxyl groups is 1.